The lowest BCUT2D eigenvalue weighted by Gasteiger charge is -2.16. The molecule has 2 nitrogen and oxygen atoms in total. The average molecular weight is 222 g/mol. The first-order chi connectivity index (χ1) is 7.02. The highest BCUT2D eigenvalue weighted by Crippen LogP contribution is 2.29. The Morgan fingerprint density at radius 1 is 1.27 bits per heavy atom. The van der Waals surface area contributed by atoms with E-state index in [1.54, 1.807) is 0 Å². The smallest absolute Gasteiger partial charge is 0.201 e. The molecule has 1 unspecified atom stereocenters. The fourth-order valence-corrected chi connectivity index (χ4v) is 1.80. The lowest BCUT2D eigenvalue weighted by molar-refractivity contribution is -0.112. The fraction of sp³-hybridized carbons (Fsp3) is 0.333. The number of rotatable bonds is 1. The average Bonchev–Trinajstić information content (AvgIpc) is 2.44. The highest BCUT2D eigenvalue weighted by molar-refractivity contribution is 6.57. The van der Waals surface area contributed by atoms with Gasteiger partial charge in [-0.25, -0.2) is 0 Å². The molecule has 0 radical (unpaired) electrons. The molecule has 0 fully saturated rings. The number of halogens is 1. The van der Waals surface area contributed by atoms with Crippen molar-refractivity contribution in [2.24, 2.45) is 4.99 Å². The molecule has 1 aliphatic rings. The van der Waals surface area contributed by atoms with Crippen LogP contribution in [0.15, 0.2) is 35.3 Å². The number of Topliss-reactive ketones (excluding diaryl/α,β-unsaturated/α-hetero) is 1. The van der Waals surface area contributed by atoms with Gasteiger partial charge in [0.05, 0.1) is 5.54 Å². The monoisotopic (exact) mass is 221 g/mol. The van der Waals surface area contributed by atoms with Gasteiger partial charge in [0.25, 0.3) is 0 Å². The van der Waals surface area contributed by atoms with Crippen LogP contribution in [0.3, 0.4) is 0 Å². The SMILES string of the molecule is CC1(C)N=C(c2ccccc2)C(=O)C1Cl. The van der Waals surface area contributed by atoms with Gasteiger partial charge in [0.2, 0.25) is 5.78 Å². The van der Waals surface area contributed by atoms with Crippen LogP contribution in [0.5, 0.6) is 0 Å². The van der Waals surface area contributed by atoms with Crippen LogP contribution in [0.2, 0.25) is 0 Å². The first kappa shape index (κ1) is 10.4. The van der Waals surface area contributed by atoms with Crippen molar-refractivity contribution in [3.8, 4) is 0 Å². The highest BCUT2D eigenvalue weighted by Gasteiger charge is 2.42. The van der Waals surface area contributed by atoms with E-state index >= 15 is 0 Å². The van der Waals surface area contributed by atoms with E-state index in [4.69, 9.17) is 11.6 Å². The molecule has 0 N–H and O–H groups in total. The predicted octanol–water partition coefficient (Wildman–Crippen LogP) is 2.44. The van der Waals surface area contributed by atoms with Crippen molar-refractivity contribution in [3.05, 3.63) is 35.9 Å². The van der Waals surface area contributed by atoms with Crippen LogP contribution in [0.1, 0.15) is 19.4 Å². The van der Waals surface area contributed by atoms with E-state index in [0.717, 1.165) is 5.56 Å². The molecule has 0 saturated heterocycles. The Balaban J connectivity index is 2.45. The van der Waals surface area contributed by atoms with Crippen molar-refractivity contribution in [1.82, 2.24) is 0 Å². The van der Waals surface area contributed by atoms with Crippen LogP contribution < -0.4 is 0 Å². The van der Waals surface area contributed by atoms with Gasteiger partial charge in [0, 0.05) is 5.56 Å². The van der Waals surface area contributed by atoms with Crippen LogP contribution in [-0.4, -0.2) is 22.4 Å². The number of carbonyl (C=O) groups excluding carboxylic acids is 1. The van der Waals surface area contributed by atoms with Crippen molar-refractivity contribution in [3.63, 3.8) is 0 Å². The van der Waals surface area contributed by atoms with Crippen molar-refractivity contribution in [2.45, 2.75) is 24.8 Å². The molecule has 2 rings (SSSR count). The van der Waals surface area contributed by atoms with E-state index in [-0.39, 0.29) is 5.78 Å². The molecule has 3 heteroatoms. The molecule has 1 aromatic rings. The first-order valence-corrected chi connectivity index (χ1v) is 5.29. The van der Waals surface area contributed by atoms with E-state index in [9.17, 15) is 4.79 Å². The number of benzene rings is 1. The Morgan fingerprint density at radius 3 is 2.33 bits per heavy atom. The number of hydrogen-bond donors (Lipinski definition) is 0. The van der Waals surface area contributed by atoms with Gasteiger partial charge in [0.1, 0.15) is 11.1 Å². The largest absolute Gasteiger partial charge is 0.291 e. The zero-order valence-corrected chi connectivity index (χ0v) is 9.45. The Bertz CT molecular complexity index is 423. The molecule has 1 atom stereocenters. The second-order valence-electron chi connectivity index (χ2n) is 4.21. The zero-order valence-electron chi connectivity index (χ0n) is 8.70. The number of hydrogen-bond acceptors (Lipinski definition) is 2. The van der Waals surface area contributed by atoms with E-state index < -0.39 is 10.9 Å². The van der Waals surface area contributed by atoms with E-state index in [1.807, 2.05) is 44.2 Å². The Labute approximate surface area is 94.0 Å². The zero-order chi connectivity index (χ0) is 11.1. The topological polar surface area (TPSA) is 29.4 Å². The summed E-state index contributed by atoms with van der Waals surface area (Å²) in [6.45, 7) is 3.75. The minimum atomic E-state index is -0.548. The third-order valence-corrected chi connectivity index (χ3v) is 3.26. The minimum absolute atomic E-state index is 0.0760. The number of nitrogens with zero attached hydrogens (tertiary/aromatic N) is 1. The highest BCUT2D eigenvalue weighted by atomic mass is 35.5. The lowest BCUT2D eigenvalue weighted by atomic mass is 9.99. The maximum absolute atomic E-state index is 11.9. The van der Waals surface area contributed by atoms with Crippen molar-refractivity contribution < 1.29 is 4.79 Å². The third kappa shape index (κ3) is 1.70. The maximum Gasteiger partial charge on any atom is 0.201 e. The summed E-state index contributed by atoms with van der Waals surface area (Å²) in [5.41, 5.74) is 0.850. The Morgan fingerprint density at radius 2 is 1.87 bits per heavy atom. The van der Waals surface area contributed by atoms with Gasteiger partial charge < -0.3 is 0 Å². The molecule has 0 bridgehead atoms. The van der Waals surface area contributed by atoms with Crippen LogP contribution in [0, 0.1) is 0 Å². The standard InChI is InChI=1S/C12H12ClNO/c1-12(2)11(13)10(15)9(14-12)8-6-4-3-5-7-8/h3-7,11H,1-2H3. The van der Waals surface area contributed by atoms with E-state index in [2.05, 4.69) is 4.99 Å². The van der Waals surface area contributed by atoms with E-state index in [0.29, 0.717) is 5.71 Å². The first-order valence-electron chi connectivity index (χ1n) is 4.86. The molecule has 78 valence electrons. The van der Waals surface area contributed by atoms with Gasteiger partial charge in [-0.3, -0.25) is 9.79 Å². The van der Waals surface area contributed by atoms with Gasteiger partial charge in [0.15, 0.2) is 0 Å². The third-order valence-electron chi connectivity index (χ3n) is 2.53. The molecule has 1 aromatic carbocycles. The van der Waals surface area contributed by atoms with Gasteiger partial charge >= 0.3 is 0 Å². The Hall–Kier alpha value is -1.15. The molecule has 1 heterocycles. The summed E-state index contributed by atoms with van der Waals surface area (Å²) in [6, 6.07) is 9.44. The van der Waals surface area contributed by atoms with Crippen molar-refractivity contribution >= 4 is 23.1 Å². The lowest BCUT2D eigenvalue weighted by Crippen LogP contribution is -2.31. The maximum atomic E-state index is 11.9. The van der Waals surface area contributed by atoms with E-state index in [1.165, 1.54) is 0 Å². The van der Waals surface area contributed by atoms with Crippen LogP contribution in [0.25, 0.3) is 0 Å². The quantitative estimate of drug-likeness (QED) is 0.670. The number of alkyl halides is 1. The molecular weight excluding hydrogens is 210 g/mol. The molecule has 0 amide bonds. The number of aliphatic imine (C=N–C) groups is 1. The van der Waals surface area contributed by atoms with Crippen LogP contribution in [-0.2, 0) is 4.79 Å². The predicted molar refractivity (Wildman–Crippen MR) is 61.7 cm³/mol. The second-order valence-corrected chi connectivity index (χ2v) is 4.64. The fourth-order valence-electron chi connectivity index (χ4n) is 1.64. The van der Waals surface area contributed by atoms with Crippen LogP contribution in [0.4, 0.5) is 0 Å². The molecule has 15 heavy (non-hydrogen) atoms. The van der Waals surface area contributed by atoms with Gasteiger partial charge in [-0.1, -0.05) is 30.3 Å². The summed E-state index contributed by atoms with van der Waals surface area (Å²) in [5.74, 6) is -0.0760. The summed E-state index contributed by atoms with van der Waals surface area (Å²) in [6.07, 6.45) is 0. The summed E-state index contributed by atoms with van der Waals surface area (Å²) in [4.78, 5) is 16.2. The van der Waals surface area contributed by atoms with Crippen molar-refractivity contribution in [1.29, 1.82) is 0 Å². The molecular formula is C12H12ClNO. The molecule has 0 spiro atoms. The number of carbonyl (C=O) groups is 1. The summed E-state index contributed by atoms with van der Waals surface area (Å²) in [5, 5.41) is -0.548. The van der Waals surface area contributed by atoms with Gasteiger partial charge in [-0.05, 0) is 13.8 Å². The van der Waals surface area contributed by atoms with Gasteiger partial charge in [-0.15, -0.1) is 11.6 Å². The molecule has 0 saturated carbocycles. The molecule has 0 aliphatic carbocycles. The second kappa shape index (κ2) is 3.46. The van der Waals surface area contributed by atoms with Crippen LogP contribution >= 0.6 is 11.6 Å². The summed E-state index contributed by atoms with van der Waals surface area (Å²) < 4.78 is 0. The van der Waals surface area contributed by atoms with Gasteiger partial charge in [-0.2, -0.15) is 0 Å². The molecule has 1 aliphatic heterocycles. The number of ketones is 1. The normalized spacial score (nSPS) is 24.1. The van der Waals surface area contributed by atoms with Crippen molar-refractivity contribution in [2.75, 3.05) is 0 Å². The molecule has 0 aromatic heterocycles. The summed E-state index contributed by atoms with van der Waals surface area (Å²) >= 11 is 6.03. The minimum Gasteiger partial charge on any atom is -0.291 e. The Kier molecular flexibility index (Phi) is 2.39. The summed E-state index contributed by atoms with van der Waals surface area (Å²) in [7, 11) is 0.